The standard InChI is InChI=1S/C9H7N3O3/c13-9(14)7-6-8(15-12-7)4-1-2-10-5(4)3-11-6/h1-2,10-11H,3H2,(H,13,14). The molecule has 6 heteroatoms. The van der Waals surface area contributed by atoms with Crippen LogP contribution in [-0.4, -0.2) is 21.2 Å². The number of hydrogen-bond acceptors (Lipinski definition) is 4. The molecule has 0 aliphatic carbocycles. The van der Waals surface area contributed by atoms with Crippen molar-refractivity contribution in [2.75, 3.05) is 5.32 Å². The van der Waals surface area contributed by atoms with Gasteiger partial charge in [0.05, 0.1) is 6.54 Å². The number of nitrogens with zero attached hydrogens (tertiary/aromatic N) is 1. The summed E-state index contributed by atoms with van der Waals surface area (Å²) in [5, 5.41) is 15.3. The third kappa shape index (κ3) is 0.983. The van der Waals surface area contributed by atoms with Crippen molar-refractivity contribution in [3.63, 3.8) is 0 Å². The number of carboxylic acids is 1. The predicted molar refractivity (Wildman–Crippen MR) is 50.6 cm³/mol. The lowest BCUT2D eigenvalue weighted by Crippen LogP contribution is -2.10. The highest BCUT2D eigenvalue weighted by Gasteiger charge is 2.27. The van der Waals surface area contributed by atoms with Gasteiger partial charge in [-0.1, -0.05) is 5.16 Å². The fraction of sp³-hybridized carbons (Fsp3) is 0.111. The smallest absolute Gasteiger partial charge is 0.360 e. The molecule has 0 atom stereocenters. The summed E-state index contributed by atoms with van der Waals surface area (Å²) in [5.41, 5.74) is 2.21. The third-order valence-electron chi connectivity index (χ3n) is 2.41. The Morgan fingerprint density at radius 3 is 3.27 bits per heavy atom. The maximum absolute atomic E-state index is 10.8. The Bertz CT molecular complexity index is 541. The summed E-state index contributed by atoms with van der Waals surface area (Å²) < 4.78 is 5.02. The second kappa shape index (κ2) is 2.63. The van der Waals surface area contributed by atoms with Gasteiger partial charge in [0.1, 0.15) is 5.69 Å². The molecule has 0 unspecified atom stereocenters. The summed E-state index contributed by atoms with van der Waals surface area (Å²) in [7, 11) is 0. The molecule has 3 rings (SSSR count). The number of nitrogens with one attached hydrogen (secondary N) is 2. The lowest BCUT2D eigenvalue weighted by atomic mass is 10.1. The molecule has 0 aromatic carbocycles. The van der Waals surface area contributed by atoms with Crippen LogP contribution in [0.2, 0.25) is 0 Å². The average molecular weight is 205 g/mol. The number of carboxylic acid groups (broad SMARTS) is 1. The highest BCUT2D eigenvalue weighted by molar-refractivity contribution is 5.96. The molecule has 76 valence electrons. The first-order chi connectivity index (χ1) is 7.27. The highest BCUT2D eigenvalue weighted by Crippen LogP contribution is 2.37. The van der Waals surface area contributed by atoms with Gasteiger partial charge in [0.15, 0.2) is 5.76 Å². The van der Waals surface area contributed by atoms with E-state index in [4.69, 9.17) is 9.63 Å². The van der Waals surface area contributed by atoms with Gasteiger partial charge in [-0.3, -0.25) is 0 Å². The van der Waals surface area contributed by atoms with Gasteiger partial charge < -0.3 is 19.9 Å². The molecule has 3 heterocycles. The largest absolute Gasteiger partial charge is 0.476 e. The van der Waals surface area contributed by atoms with Crippen molar-refractivity contribution < 1.29 is 14.4 Å². The van der Waals surface area contributed by atoms with Crippen LogP contribution >= 0.6 is 0 Å². The Balaban J connectivity index is 2.23. The molecular weight excluding hydrogens is 198 g/mol. The van der Waals surface area contributed by atoms with E-state index in [9.17, 15) is 4.79 Å². The van der Waals surface area contributed by atoms with Crippen molar-refractivity contribution in [1.29, 1.82) is 0 Å². The van der Waals surface area contributed by atoms with E-state index in [1.54, 1.807) is 6.20 Å². The predicted octanol–water partition coefficient (Wildman–Crippen LogP) is 1.29. The molecule has 0 saturated carbocycles. The van der Waals surface area contributed by atoms with Gasteiger partial charge in [-0.2, -0.15) is 0 Å². The summed E-state index contributed by atoms with van der Waals surface area (Å²) in [4.78, 5) is 13.9. The first-order valence-electron chi connectivity index (χ1n) is 4.41. The van der Waals surface area contributed by atoms with E-state index in [1.807, 2.05) is 6.07 Å². The quantitative estimate of drug-likeness (QED) is 0.652. The van der Waals surface area contributed by atoms with Crippen molar-refractivity contribution in [3.8, 4) is 11.3 Å². The zero-order valence-electron chi connectivity index (χ0n) is 7.57. The molecule has 0 amide bonds. The molecule has 0 spiro atoms. The van der Waals surface area contributed by atoms with E-state index in [0.29, 0.717) is 18.0 Å². The minimum Gasteiger partial charge on any atom is -0.476 e. The number of carbonyl (C=O) groups is 1. The van der Waals surface area contributed by atoms with Crippen LogP contribution in [0.25, 0.3) is 11.3 Å². The lowest BCUT2D eigenvalue weighted by Gasteiger charge is -2.12. The molecular formula is C9H7N3O3. The molecule has 0 fully saturated rings. The van der Waals surface area contributed by atoms with Gasteiger partial charge in [-0.05, 0) is 6.07 Å². The van der Waals surface area contributed by atoms with Gasteiger partial charge >= 0.3 is 5.97 Å². The summed E-state index contributed by atoms with van der Waals surface area (Å²) in [6.45, 7) is 0.552. The summed E-state index contributed by atoms with van der Waals surface area (Å²) in [5.74, 6) is -0.610. The third-order valence-corrected chi connectivity index (χ3v) is 2.41. The van der Waals surface area contributed by atoms with Gasteiger partial charge in [0, 0.05) is 17.5 Å². The molecule has 0 radical (unpaired) electrons. The van der Waals surface area contributed by atoms with E-state index < -0.39 is 5.97 Å². The number of fused-ring (bicyclic) bond motifs is 3. The second-order valence-electron chi connectivity index (χ2n) is 3.26. The van der Waals surface area contributed by atoms with Crippen LogP contribution in [0.5, 0.6) is 0 Å². The Labute approximate surface area is 83.9 Å². The molecule has 1 aliphatic rings. The number of aromatic nitrogens is 2. The zero-order chi connectivity index (χ0) is 10.4. The molecule has 2 aromatic heterocycles. The van der Waals surface area contributed by atoms with Gasteiger partial charge in [-0.25, -0.2) is 4.79 Å². The lowest BCUT2D eigenvalue weighted by molar-refractivity contribution is 0.0687. The fourth-order valence-corrected chi connectivity index (χ4v) is 1.72. The van der Waals surface area contributed by atoms with Gasteiger partial charge in [0.2, 0.25) is 5.69 Å². The Kier molecular flexibility index (Phi) is 1.42. The Hall–Kier alpha value is -2.24. The Morgan fingerprint density at radius 1 is 1.60 bits per heavy atom. The topological polar surface area (TPSA) is 91.2 Å². The second-order valence-corrected chi connectivity index (χ2v) is 3.26. The maximum atomic E-state index is 10.8. The summed E-state index contributed by atoms with van der Waals surface area (Å²) >= 11 is 0. The van der Waals surface area contributed by atoms with Crippen molar-refractivity contribution in [3.05, 3.63) is 23.7 Å². The fourth-order valence-electron chi connectivity index (χ4n) is 1.72. The van der Waals surface area contributed by atoms with Crippen LogP contribution in [0.1, 0.15) is 16.2 Å². The SMILES string of the molecule is O=C(O)c1noc2c1NCc1[nH]ccc1-2. The van der Waals surface area contributed by atoms with Gasteiger partial charge in [0.25, 0.3) is 0 Å². The van der Waals surface area contributed by atoms with E-state index in [0.717, 1.165) is 11.3 Å². The molecule has 2 aromatic rings. The normalized spacial score (nSPS) is 12.8. The van der Waals surface area contributed by atoms with Crippen molar-refractivity contribution >= 4 is 11.7 Å². The zero-order valence-corrected chi connectivity index (χ0v) is 7.57. The van der Waals surface area contributed by atoms with Crippen molar-refractivity contribution in [2.45, 2.75) is 6.54 Å². The monoisotopic (exact) mass is 205 g/mol. The van der Waals surface area contributed by atoms with Crippen LogP contribution in [0.3, 0.4) is 0 Å². The first-order valence-corrected chi connectivity index (χ1v) is 4.41. The van der Waals surface area contributed by atoms with Crippen LogP contribution in [0, 0.1) is 0 Å². The van der Waals surface area contributed by atoms with Crippen LogP contribution in [0.15, 0.2) is 16.8 Å². The Morgan fingerprint density at radius 2 is 2.47 bits per heavy atom. The molecule has 0 bridgehead atoms. The first kappa shape index (κ1) is 8.10. The summed E-state index contributed by atoms with van der Waals surface area (Å²) in [6.07, 6.45) is 1.78. The van der Waals surface area contributed by atoms with Crippen LogP contribution in [-0.2, 0) is 6.54 Å². The molecule has 3 N–H and O–H groups in total. The van der Waals surface area contributed by atoms with E-state index >= 15 is 0 Å². The number of aromatic carboxylic acids is 1. The van der Waals surface area contributed by atoms with E-state index in [-0.39, 0.29) is 5.69 Å². The number of anilines is 1. The van der Waals surface area contributed by atoms with Crippen molar-refractivity contribution in [2.24, 2.45) is 0 Å². The van der Waals surface area contributed by atoms with Crippen LogP contribution < -0.4 is 5.32 Å². The maximum Gasteiger partial charge on any atom is 0.360 e. The van der Waals surface area contributed by atoms with Gasteiger partial charge in [-0.15, -0.1) is 0 Å². The minimum absolute atomic E-state index is 0.0724. The van der Waals surface area contributed by atoms with E-state index in [2.05, 4.69) is 15.5 Å². The minimum atomic E-state index is -1.09. The van der Waals surface area contributed by atoms with Crippen molar-refractivity contribution in [1.82, 2.24) is 10.1 Å². The number of H-pyrrole nitrogens is 1. The molecule has 6 nitrogen and oxygen atoms in total. The molecule has 0 saturated heterocycles. The summed E-state index contributed by atoms with van der Waals surface area (Å²) in [6, 6.07) is 1.84. The average Bonchev–Trinajstić information content (AvgIpc) is 2.82. The number of hydrogen-bond donors (Lipinski definition) is 3. The van der Waals surface area contributed by atoms with E-state index in [1.165, 1.54) is 0 Å². The number of aromatic amines is 1. The number of rotatable bonds is 1. The molecule has 15 heavy (non-hydrogen) atoms. The highest BCUT2D eigenvalue weighted by atomic mass is 16.5. The molecule has 1 aliphatic heterocycles. The van der Waals surface area contributed by atoms with Crippen LogP contribution in [0.4, 0.5) is 5.69 Å².